The minimum Gasteiger partial charge on any atom is -0.331 e. The van der Waals surface area contributed by atoms with Gasteiger partial charge in [0.25, 0.3) is 0 Å². The van der Waals surface area contributed by atoms with Gasteiger partial charge in [0, 0.05) is 10.8 Å². The van der Waals surface area contributed by atoms with Crippen molar-refractivity contribution in [2.75, 3.05) is 111 Å². The summed E-state index contributed by atoms with van der Waals surface area (Å²) < 4.78 is 4.19. The van der Waals surface area contributed by atoms with Crippen LogP contribution in [0.25, 0.3) is 55.6 Å². The molecule has 80 heavy (non-hydrogen) atoms. The smallest absolute Gasteiger partial charge is 0.0780 e. The Morgan fingerprint density at radius 2 is 0.512 bits per heavy atom. The van der Waals surface area contributed by atoms with Crippen LogP contribution in [-0.2, 0) is 10.8 Å². The van der Waals surface area contributed by atoms with Crippen LogP contribution in [0.3, 0.4) is 0 Å². The third kappa shape index (κ3) is 15.8. The van der Waals surface area contributed by atoms with Gasteiger partial charge < -0.3 is 17.9 Å². The molecule has 8 rings (SSSR count). The van der Waals surface area contributed by atoms with E-state index in [1.54, 1.807) is 22.3 Å². The fraction of sp³-hybridized carbons (Fsp3) is 0.526. The molecule has 0 N–H and O–H groups in total. The highest BCUT2D eigenvalue weighted by Crippen LogP contribution is 2.57. The third-order valence-corrected chi connectivity index (χ3v) is 18.5. The molecule has 4 heteroatoms. The zero-order valence-corrected chi connectivity index (χ0v) is 53.3. The summed E-state index contributed by atoms with van der Waals surface area (Å²) in [5, 5.41) is 0. The first-order valence-electron chi connectivity index (χ1n) is 31.9. The van der Waals surface area contributed by atoms with Crippen LogP contribution in [0.15, 0.2) is 121 Å². The van der Waals surface area contributed by atoms with Gasteiger partial charge in [-0.2, -0.15) is 0 Å². The Bertz CT molecular complexity index is 2910. The third-order valence-electron chi connectivity index (χ3n) is 18.5. The van der Waals surface area contributed by atoms with Crippen molar-refractivity contribution in [2.45, 2.75) is 153 Å². The molecule has 0 unspecified atom stereocenters. The van der Waals surface area contributed by atoms with Crippen molar-refractivity contribution >= 4 is 0 Å². The monoisotopic (exact) mass is 1080 g/mol. The fourth-order valence-corrected chi connectivity index (χ4v) is 14.1. The Balaban J connectivity index is 1.12. The summed E-state index contributed by atoms with van der Waals surface area (Å²) in [6, 6.07) is 48.9. The zero-order valence-electron chi connectivity index (χ0n) is 53.3. The lowest BCUT2D eigenvalue weighted by Crippen LogP contribution is -2.35. The highest BCUT2D eigenvalue weighted by Gasteiger charge is 2.44. The Labute approximate surface area is 489 Å². The van der Waals surface area contributed by atoms with E-state index >= 15 is 0 Å². The maximum absolute atomic E-state index is 2.65. The number of quaternary nitrogens is 4. The second kappa shape index (κ2) is 26.2. The predicted octanol–water partition coefficient (Wildman–Crippen LogP) is 18.5. The van der Waals surface area contributed by atoms with Crippen LogP contribution in [0, 0.1) is 13.8 Å². The van der Waals surface area contributed by atoms with Crippen molar-refractivity contribution in [1.29, 1.82) is 0 Å². The standard InChI is InChI=1S/C76H110N4/c1-59-32-31-33-63(54-59)66-41-45-70-69-44-40-65(57-73(69)76(74(70)58-66,48-25-17-21-29-52-79(9,10)11)49-26-18-22-30-53-80(12,13)14)62-37-35-61(36-38-62)64-39-43-68-67-42-34-60(2)55-71(67)75(72(68)56-64,46-23-15-19-27-50-77(3,4)5)47-24-16-20-28-51-78(6,7)8/h31-45,54-58H,15-30,46-53H2,1-14H3/q+4. The summed E-state index contributed by atoms with van der Waals surface area (Å²) in [4.78, 5) is 0. The summed E-state index contributed by atoms with van der Waals surface area (Å²) >= 11 is 0. The second-order valence-corrected chi connectivity index (χ2v) is 29.7. The molecule has 0 fully saturated rings. The number of rotatable bonds is 31. The Morgan fingerprint density at radius 1 is 0.250 bits per heavy atom. The van der Waals surface area contributed by atoms with Gasteiger partial charge in [0.05, 0.1) is 111 Å². The fourth-order valence-electron chi connectivity index (χ4n) is 14.1. The minimum atomic E-state index is -0.0227. The van der Waals surface area contributed by atoms with E-state index in [0.29, 0.717) is 0 Å². The number of unbranched alkanes of at least 4 members (excludes halogenated alkanes) is 12. The number of fused-ring (bicyclic) bond motifs is 6. The van der Waals surface area contributed by atoms with Crippen LogP contribution >= 0.6 is 0 Å². The molecule has 6 aromatic rings. The topological polar surface area (TPSA) is 0 Å². The summed E-state index contributed by atoms with van der Waals surface area (Å²) in [7, 11) is 28.0. The number of aryl methyl sites for hydroxylation is 2. The lowest BCUT2D eigenvalue weighted by Gasteiger charge is -2.34. The molecule has 6 aromatic carbocycles. The van der Waals surface area contributed by atoms with Crippen molar-refractivity contribution in [3.8, 4) is 55.6 Å². The lowest BCUT2D eigenvalue weighted by atomic mass is 9.70. The molecule has 0 aromatic heterocycles. The molecule has 0 bridgehead atoms. The molecule has 2 aliphatic carbocycles. The molecule has 0 atom stereocenters. The minimum absolute atomic E-state index is 0.0227. The zero-order chi connectivity index (χ0) is 57.4. The van der Waals surface area contributed by atoms with E-state index in [0.717, 1.165) is 17.9 Å². The van der Waals surface area contributed by atoms with Gasteiger partial charge in [-0.05, 0) is 187 Å². The quantitative estimate of drug-likeness (QED) is 0.0301. The Hall–Kier alpha value is -4.84. The van der Waals surface area contributed by atoms with Gasteiger partial charge in [0.1, 0.15) is 0 Å². The molecule has 4 nitrogen and oxygen atoms in total. The van der Waals surface area contributed by atoms with Gasteiger partial charge in [0.15, 0.2) is 0 Å². The highest BCUT2D eigenvalue weighted by atomic mass is 15.3. The van der Waals surface area contributed by atoms with Crippen LogP contribution in [0.2, 0.25) is 0 Å². The number of hydrogen-bond donors (Lipinski definition) is 0. The van der Waals surface area contributed by atoms with E-state index in [9.17, 15) is 0 Å². The van der Waals surface area contributed by atoms with Crippen molar-refractivity contribution < 1.29 is 17.9 Å². The van der Waals surface area contributed by atoms with E-state index in [2.05, 4.69) is 220 Å². The van der Waals surface area contributed by atoms with E-state index in [1.165, 1.54) is 221 Å². The average molecular weight is 1080 g/mol. The molecule has 2 aliphatic rings. The van der Waals surface area contributed by atoms with Gasteiger partial charge in [-0.25, -0.2) is 0 Å². The van der Waals surface area contributed by atoms with Crippen LogP contribution in [-0.4, -0.2) is 129 Å². The first kappa shape index (κ1) is 61.2. The van der Waals surface area contributed by atoms with Gasteiger partial charge >= 0.3 is 0 Å². The SMILES string of the molecule is Cc1cccc(-c2ccc3c(c2)C(CCCCCC[N+](C)(C)C)(CCCCCC[N+](C)(C)C)c2cc(-c4ccc(-c5ccc6c(c5)C(CCCCCC[N+](C)(C)C)(CCCCCC[N+](C)(C)C)c5cc(C)ccc5-6)cc4)ccc2-3)c1. The first-order valence-corrected chi connectivity index (χ1v) is 31.9. The van der Waals surface area contributed by atoms with Crippen LogP contribution in [0.4, 0.5) is 0 Å². The van der Waals surface area contributed by atoms with E-state index in [-0.39, 0.29) is 10.8 Å². The van der Waals surface area contributed by atoms with Gasteiger partial charge in [-0.3, -0.25) is 0 Å². The average Bonchev–Trinajstić information content (AvgIpc) is 3.93. The molecule has 0 aliphatic heterocycles. The lowest BCUT2D eigenvalue weighted by molar-refractivity contribution is -0.870. The summed E-state index contributed by atoms with van der Waals surface area (Å²) in [5.41, 5.74) is 22.9. The van der Waals surface area contributed by atoms with Crippen molar-refractivity contribution in [3.63, 3.8) is 0 Å². The highest BCUT2D eigenvalue weighted by molar-refractivity contribution is 5.87. The molecule has 0 saturated heterocycles. The van der Waals surface area contributed by atoms with E-state index < -0.39 is 0 Å². The summed E-state index contributed by atoms with van der Waals surface area (Å²) in [6.45, 7) is 9.51. The van der Waals surface area contributed by atoms with Crippen LogP contribution < -0.4 is 0 Å². The normalized spacial score (nSPS) is 14.5. The number of benzene rings is 6. The molecule has 0 heterocycles. The van der Waals surface area contributed by atoms with Crippen LogP contribution in [0.1, 0.15) is 162 Å². The summed E-state index contributed by atoms with van der Waals surface area (Å²) in [6.07, 6.45) is 25.6. The molecular weight excluding hydrogens is 969 g/mol. The van der Waals surface area contributed by atoms with E-state index in [4.69, 9.17) is 0 Å². The number of hydrogen-bond acceptors (Lipinski definition) is 0. The molecule has 0 spiro atoms. The van der Waals surface area contributed by atoms with Gasteiger partial charge in [0.2, 0.25) is 0 Å². The van der Waals surface area contributed by atoms with E-state index in [1.807, 2.05) is 0 Å². The second-order valence-electron chi connectivity index (χ2n) is 29.7. The molecule has 430 valence electrons. The Kier molecular flexibility index (Phi) is 20.0. The van der Waals surface area contributed by atoms with Gasteiger partial charge in [-0.15, -0.1) is 0 Å². The molecule has 0 saturated carbocycles. The number of nitrogens with zero attached hydrogens (tertiary/aromatic N) is 4. The first-order chi connectivity index (χ1) is 37.9. The maximum atomic E-state index is 2.65. The van der Waals surface area contributed by atoms with Crippen molar-refractivity contribution in [3.05, 3.63) is 155 Å². The largest absolute Gasteiger partial charge is 0.331 e. The van der Waals surface area contributed by atoms with Gasteiger partial charge in [-0.1, -0.05) is 166 Å². The molecule has 0 amide bonds. The maximum Gasteiger partial charge on any atom is 0.0780 e. The summed E-state index contributed by atoms with van der Waals surface area (Å²) in [5.74, 6) is 0. The predicted molar refractivity (Wildman–Crippen MR) is 349 cm³/mol. The Morgan fingerprint density at radius 3 is 0.838 bits per heavy atom. The molecule has 0 radical (unpaired) electrons. The molecular formula is C76H110N4+4. The van der Waals surface area contributed by atoms with Crippen LogP contribution in [0.5, 0.6) is 0 Å². The van der Waals surface area contributed by atoms with Crippen molar-refractivity contribution in [1.82, 2.24) is 0 Å². The van der Waals surface area contributed by atoms with Crippen molar-refractivity contribution in [2.24, 2.45) is 0 Å².